The number of carboxylic acid groups (broad SMARTS) is 1. The van der Waals surface area contributed by atoms with Crippen molar-refractivity contribution in [2.75, 3.05) is 0 Å². The first kappa shape index (κ1) is 15.7. The molecule has 0 fully saturated rings. The number of carbonyl (C=O) groups is 1. The Morgan fingerprint density at radius 2 is 2.00 bits per heavy atom. The van der Waals surface area contributed by atoms with Crippen molar-refractivity contribution in [2.24, 2.45) is 0 Å². The summed E-state index contributed by atoms with van der Waals surface area (Å²) in [5.41, 5.74) is 2.37. The van der Waals surface area contributed by atoms with E-state index in [0.717, 1.165) is 18.4 Å². The number of hydrogen-bond donors (Lipinski definition) is 2. The maximum Gasteiger partial charge on any atom is 0.321 e. The van der Waals surface area contributed by atoms with E-state index in [9.17, 15) is 9.90 Å². The minimum Gasteiger partial charge on any atom is -0.480 e. The van der Waals surface area contributed by atoms with Crippen LogP contribution in [0, 0.1) is 0 Å². The largest absolute Gasteiger partial charge is 0.480 e. The quantitative estimate of drug-likeness (QED) is 0.786. The number of thiophene rings is 1. The van der Waals surface area contributed by atoms with Crippen molar-refractivity contribution >= 4 is 17.3 Å². The molecule has 0 bridgehead atoms. The van der Waals surface area contributed by atoms with E-state index in [0.29, 0.717) is 6.42 Å². The number of nitrogens with one attached hydrogen (secondary N) is 1. The molecule has 0 spiro atoms. The minimum atomic E-state index is -0.791. The van der Waals surface area contributed by atoms with Crippen LogP contribution in [0.1, 0.15) is 24.5 Å². The van der Waals surface area contributed by atoms with Gasteiger partial charge in [0.05, 0.1) is 0 Å². The maximum absolute atomic E-state index is 11.4. The van der Waals surface area contributed by atoms with Crippen molar-refractivity contribution in [2.45, 2.75) is 38.3 Å². The van der Waals surface area contributed by atoms with E-state index in [1.807, 2.05) is 37.3 Å². The van der Waals surface area contributed by atoms with E-state index in [1.54, 1.807) is 11.3 Å². The molecule has 1 aromatic carbocycles. The molecular formula is C17H21NO2S. The van der Waals surface area contributed by atoms with E-state index >= 15 is 0 Å². The van der Waals surface area contributed by atoms with Crippen LogP contribution in [0.2, 0.25) is 0 Å². The number of benzene rings is 1. The first-order valence-corrected chi connectivity index (χ1v) is 8.13. The molecule has 2 atom stereocenters. The molecule has 3 nitrogen and oxygen atoms in total. The van der Waals surface area contributed by atoms with Gasteiger partial charge < -0.3 is 10.4 Å². The van der Waals surface area contributed by atoms with Gasteiger partial charge in [-0.15, -0.1) is 0 Å². The van der Waals surface area contributed by atoms with Crippen LogP contribution >= 0.6 is 11.3 Å². The van der Waals surface area contributed by atoms with Gasteiger partial charge in [0.2, 0.25) is 0 Å². The molecule has 2 rings (SSSR count). The van der Waals surface area contributed by atoms with Gasteiger partial charge in [-0.25, -0.2) is 0 Å². The zero-order valence-corrected chi connectivity index (χ0v) is 13.0. The molecule has 112 valence electrons. The Hall–Kier alpha value is -1.65. The third kappa shape index (κ3) is 5.33. The van der Waals surface area contributed by atoms with Gasteiger partial charge in [-0.3, -0.25) is 4.79 Å². The molecule has 0 radical (unpaired) electrons. The molecule has 0 aliphatic heterocycles. The van der Waals surface area contributed by atoms with Crippen molar-refractivity contribution in [3.8, 4) is 0 Å². The molecule has 21 heavy (non-hydrogen) atoms. The molecule has 1 aromatic heterocycles. The maximum atomic E-state index is 11.4. The van der Waals surface area contributed by atoms with Crippen molar-refractivity contribution in [3.63, 3.8) is 0 Å². The minimum absolute atomic E-state index is 0.176. The van der Waals surface area contributed by atoms with Crippen LogP contribution in [0.25, 0.3) is 0 Å². The molecule has 0 aliphatic rings. The van der Waals surface area contributed by atoms with E-state index in [2.05, 4.69) is 22.1 Å². The summed E-state index contributed by atoms with van der Waals surface area (Å²) in [7, 11) is 0. The van der Waals surface area contributed by atoms with Crippen molar-refractivity contribution < 1.29 is 9.90 Å². The van der Waals surface area contributed by atoms with Crippen LogP contribution in [0.3, 0.4) is 0 Å². The number of aliphatic carboxylic acids is 1. The molecule has 1 heterocycles. The van der Waals surface area contributed by atoms with E-state index in [1.165, 1.54) is 5.56 Å². The molecule has 0 aliphatic carbocycles. The van der Waals surface area contributed by atoms with Crippen LogP contribution in [0.4, 0.5) is 0 Å². The summed E-state index contributed by atoms with van der Waals surface area (Å²) in [6.45, 7) is 2.05. The summed E-state index contributed by atoms with van der Waals surface area (Å²) in [5, 5.41) is 16.8. The Morgan fingerprint density at radius 3 is 2.62 bits per heavy atom. The summed E-state index contributed by atoms with van der Waals surface area (Å²) < 4.78 is 0. The van der Waals surface area contributed by atoms with E-state index in [4.69, 9.17) is 0 Å². The lowest BCUT2D eigenvalue weighted by molar-refractivity contribution is -0.139. The molecule has 0 saturated carbocycles. The van der Waals surface area contributed by atoms with Gasteiger partial charge in [0.1, 0.15) is 6.04 Å². The third-order valence-corrected chi connectivity index (χ3v) is 4.24. The van der Waals surface area contributed by atoms with Gasteiger partial charge in [0, 0.05) is 6.04 Å². The summed E-state index contributed by atoms with van der Waals surface area (Å²) in [5.74, 6) is -0.791. The molecule has 0 amide bonds. The molecule has 1 unspecified atom stereocenters. The van der Waals surface area contributed by atoms with Gasteiger partial charge in [-0.2, -0.15) is 11.3 Å². The van der Waals surface area contributed by atoms with Gasteiger partial charge in [-0.1, -0.05) is 30.3 Å². The monoisotopic (exact) mass is 303 g/mol. The highest BCUT2D eigenvalue weighted by atomic mass is 32.1. The van der Waals surface area contributed by atoms with Crippen LogP contribution in [-0.4, -0.2) is 23.2 Å². The lowest BCUT2D eigenvalue weighted by atomic mass is 10.0. The predicted octanol–water partition coefficient (Wildman–Crippen LogP) is 3.35. The summed E-state index contributed by atoms with van der Waals surface area (Å²) in [6.07, 6.45) is 2.43. The lowest BCUT2D eigenvalue weighted by Crippen LogP contribution is -2.43. The van der Waals surface area contributed by atoms with Crippen molar-refractivity contribution in [1.29, 1.82) is 0 Å². The Kier molecular flexibility index (Phi) is 5.96. The number of hydrogen-bond acceptors (Lipinski definition) is 3. The average Bonchev–Trinajstić information content (AvgIpc) is 2.99. The highest BCUT2D eigenvalue weighted by molar-refractivity contribution is 7.07. The fraction of sp³-hybridized carbons (Fsp3) is 0.353. The smallest absolute Gasteiger partial charge is 0.321 e. The fourth-order valence-corrected chi connectivity index (χ4v) is 3.02. The second kappa shape index (κ2) is 7.96. The molecule has 4 heteroatoms. The third-order valence-electron chi connectivity index (χ3n) is 3.51. The zero-order valence-electron chi connectivity index (χ0n) is 12.2. The normalized spacial score (nSPS) is 13.8. The highest BCUT2D eigenvalue weighted by Crippen LogP contribution is 2.11. The number of rotatable bonds is 8. The second-order valence-corrected chi connectivity index (χ2v) is 6.10. The standard InChI is InChI=1S/C17H21NO2S/c1-13(7-8-15-9-10-21-12-15)18-16(17(19)20)11-14-5-3-2-4-6-14/h2-6,9-10,12-13,16,18H,7-8,11H2,1H3,(H,19,20)/t13?,16-/m1/s1. The molecule has 0 saturated heterocycles. The number of aryl methyl sites for hydroxylation is 1. The first-order chi connectivity index (χ1) is 10.1. The molecule has 2 aromatic rings. The molecular weight excluding hydrogens is 282 g/mol. The Morgan fingerprint density at radius 1 is 1.24 bits per heavy atom. The van der Waals surface area contributed by atoms with Crippen molar-refractivity contribution in [1.82, 2.24) is 5.32 Å². The summed E-state index contributed by atoms with van der Waals surface area (Å²) in [4.78, 5) is 11.4. The van der Waals surface area contributed by atoms with Gasteiger partial charge in [-0.05, 0) is 54.1 Å². The van der Waals surface area contributed by atoms with Crippen LogP contribution in [0.5, 0.6) is 0 Å². The zero-order chi connectivity index (χ0) is 15.1. The van der Waals surface area contributed by atoms with Gasteiger partial charge in [0.15, 0.2) is 0 Å². The van der Waals surface area contributed by atoms with Crippen LogP contribution in [0.15, 0.2) is 47.2 Å². The lowest BCUT2D eigenvalue weighted by Gasteiger charge is -2.20. The Balaban J connectivity index is 1.85. The second-order valence-electron chi connectivity index (χ2n) is 5.32. The fourth-order valence-electron chi connectivity index (χ4n) is 2.31. The topological polar surface area (TPSA) is 49.3 Å². The van der Waals surface area contributed by atoms with Crippen molar-refractivity contribution in [3.05, 3.63) is 58.3 Å². The summed E-state index contributed by atoms with van der Waals surface area (Å²) in [6, 6.07) is 11.5. The first-order valence-electron chi connectivity index (χ1n) is 7.19. The van der Waals surface area contributed by atoms with Gasteiger partial charge >= 0.3 is 5.97 Å². The van der Waals surface area contributed by atoms with Gasteiger partial charge in [0.25, 0.3) is 0 Å². The molecule has 2 N–H and O–H groups in total. The highest BCUT2D eigenvalue weighted by Gasteiger charge is 2.19. The SMILES string of the molecule is CC(CCc1ccsc1)N[C@H](Cc1ccccc1)C(=O)O. The Bertz CT molecular complexity index is 539. The van der Waals surface area contributed by atoms with E-state index < -0.39 is 12.0 Å². The average molecular weight is 303 g/mol. The Labute approximate surface area is 129 Å². The predicted molar refractivity (Wildman–Crippen MR) is 86.8 cm³/mol. The number of carboxylic acids is 1. The summed E-state index contributed by atoms with van der Waals surface area (Å²) >= 11 is 1.70. The van der Waals surface area contributed by atoms with Crippen LogP contribution in [-0.2, 0) is 17.6 Å². The van der Waals surface area contributed by atoms with Crippen LogP contribution < -0.4 is 5.32 Å². The van der Waals surface area contributed by atoms with E-state index in [-0.39, 0.29) is 6.04 Å².